The summed E-state index contributed by atoms with van der Waals surface area (Å²) < 4.78 is 0. The topological polar surface area (TPSA) is 0 Å². The standard InChI is InChI=1S/4Au.3S/q;;2*+3;3*-2. The first-order chi connectivity index (χ1) is 0. The monoisotopic (exact) mass is 884 g/mol. The molecule has 0 aromatic heterocycles. The Morgan fingerprint density at radius 2 is 0.429 bits per heavy atom. The summed E-state index contributed by atoms with van der Waals surface area (Å²) in [7, 11) is 0. The van der Waals surface area contributed by atoms with Crippen LogP contribution in [-0.2, 0) is 130 Å². The molecule has 2 radical (unpaired) electrons. The number of rotatable bonds is 0. The van der Waals surface area contributed by atoms with Crippen molar-refractivity contribution in [1.29, 1.82) is 0 Å². The van der Waals surface area contributed by atoms with Crippen LogP contribution in [0.15, 0.2) is 0 Å². The molecule has 0 fully saturated rings. The van der Waals surface area contributed by atoms with Crippen LogP contribution >= 0.6 is 0 Å². The van der Waals surface area contributed by atoms with Crippen molar-refractivity contribution in [2.75, 3.05) is 0 Å². The zero-order valence-corrected chi connectivity index (χ0v) is 13.5. The second kappa shape index (κ2) is 50.5. The summed E-state index contributed by atoms with van der Waals surface area (Å²) in [5.74, 6) is 0. The van der Waals surface area contributed by atoms with Gasteiger partial charge in [-0.1, -0.05) is 0 Å². The molecule has 0 heterocycles. The average Bonchev–Trinajstić information content (AvgIpc) is 0. The first-order valence-corrected chi connectivity index (χ1v) is 0. The van der Waals surface area contributed by atoms with Crippen LogP contribution in [-0.4, -0.2) is 0 Å². The van der Waals surface area contributed by atoms with E-state index in [2.05, 4.69) is 0 Å². The van der Waals surface area contributed by atoms with Gasteiger partial charge in [0.25, 0.3) is 0 Å². The van der Waals surface area contributed by atoms with E-state index in [9.17, 15) is 0 Å². The van der Waals surface area contributed by atoms with Crippen molar-refractivity contribution in [2.45, 2.75) is 0 Å². The predicted octanol–water partition coefficient (Wildman–Crippen LogP) is -0.0172. The van der Waals surface area contributed by atoms with Gasteiger partial charge in [0, 0.05) is 44.8 Å². The van der Waals surface area contributed by atoms with Gasteiger partial charge in [-0.05, 0) is 0 Å². The average molecular weight is 884 g/mol. The van der Waals surface area contributed by atoms with Gasteiger partial charge >= 0.3 is 44.8 Å². The quantitative estimate of drug-likeness (QED) is 0.301. The van der Waals surface area contributed by atoms with Crippen LogP contribution in [0, 0.1) is 0 Å². The molecular formula is Au4S3. The van der Waals surface area contributed by atoms with Crippen molar-refractivity contribution in [2.24, 2.45) is 0 Å². The SMILES string of the molecule is [Au+3].[Au+3].[Au].[Au].[S-2].[S-2].[S-2]. The van der Waals surface area contributed by atoms with Gasteiger partial charge in [0.05, 0.1) is 0 Å². The molecule has 0 bridgehead atoms. The summed E-state index contributed by atoms with van der Waals surface area (Å²) >= 11 is 0. The minimum atomic E-state index is 0. The second-order valence-corrected chi connectivity index (χ2v) is 0. The van der Waals surface area contributed by atoms with Gasteiger partial charge in [-0.2, -0.15) is 0 Å². The maximum Gasteiger partial charge on any atom is 3.00 e. The van der Waals surface area contributed by atoms with E-state index in [0.29, 0.717) is 0 Å². The van der Waals surface area contributed by atoms with Crippen molar-refractivity contribution < 1.29 is 89.5 Å². The van der Waals surface area contributed by atoms with Crippen LogP contribution in [0.1, 0.15) is 0 Å². The zero-order chi connectivity index (χ0) is 0. The Morgan fingerprint density at radius 3 is 0.429 bits per heavy atom. The predicted molar refractivity (Wildman–Crippen MR) is 22.1 cm³/mol. The van der Waals surface area contributed by atoms with E-state index >= 15 is 0 Å². The molecule has 0 amide bonds. The molecule has 62 valence electrons. The maximum absolute atomic E-state index is 0. The Balaban J connectivity index is 0. The van der Waals surface area contributed by atoms with Crippen molar-refractivity contribution in [1.82, 2.24) is 0 Å². The molecule has 0 atom stereocenters. The van der Waals surface area contributed by atoms with E-state index < -0.39 is 0 Å². The third-order valence-corrected chi connectivity index (χ3v) is 0. The smallest absolute Gasteiger partial charge is 2.00 e. The molecule has 0 aromatic carbocycles. The van der Waals surface area contributed by atoms with E-state index in [-0.39, 0.29) is 130 Å². The Kier molecular flexibility index (Phi) is 495. The van der Waals surface area contributed by atoms with Crippen molar-refractivity contribution in [3.63, 3.8) is 0 Å². The van der Waals surface area contributed by atoms with Gasteiger partial charge in [-0.15, -0.1) is 0 Å². The Hall–Kier alpha value is 4.01. The van der Waals surface area contributed by atoms with Gasteiger partial charge in [0.1, 0.15) is 0 Å². The molecule has 0 unspecified atom stereocenters. The summed E-state index contributed by atoms with van der Waals surface area (Å²) in [6, 6.07) is 0. The van der Waals surface area contributed by atoms with Gasteiger partial charge in [0.15, 0.2) is 0 Å². The molecule has 0 saturated heterocycles. The zero-order valence-electron chi connectivity index (χ0n) is 2.43. The Labute approximate surface area is 127 Å². The fourth-order valence-corrected chi connectivity index (χ4v) is 0. The summed E-state index contributed by atoms with van der Waals surface area (Å²) in [5.41, 5.74) is 0. The van der Waals surface area contributed by atoms with Crippen LogP contribution in [0.2, 0.25) is 0 Å². The maximum atomic E-state index is 0. The van der Waals surface area contributed by atoms with Gasteiger partial charge in [-0.25, -0.2) is 0 Å². The summed E-state index contributed by atoms with van der Waals surface area (Å²) in [6.07, 6.45) is 0. The van der Waals surface area contributed by atoms with Gasteiger partial charge < -0.3 is 40.5 Å². The molecule has 0 nitrogen and oxygen atoms in total. The molecule has 7 heavy (non-hydrogen) atoms. The third kappa shape index (κ3) is 39.9. The fraction of sp³-hybridized carbons (Fsp3) is 0. The van der Waals surface area contributed by atoms with Crippen LogP contribution in [0.25, 0.3) is 0 Å². The molecule has 0 aliphatic carbocycles. The summed E-state index contributed by atoms with van der Waals surface area (Å²) in [4.78, 5) is 0. The van der Waals surface area contributed by atoms with E-state index in [1.54, 1.807) is 0 Å². The van der Waals surface area contributed by atoms with E-state index in [1.165, 1.54) is 0 Å². The molecule has 0 aliphatic rings. The molecule has 0 spiro atoms. The van der Waals surface area contributed by atoms with Crippen molar-refractivity contribution in [3.05, 3.63) is 0 Å². The summed E-state index contributed by atoms with van der Waals surface area (Å²) in [5, 5.41) is 0. The molecule has 0 N–H and O–H groups in total. The van der Waals surface area contributed by atoms with Gasteiger partial charge in [-0.3, -0.25) is 0 Å². The first kappa shape index (κ1) is 68.6. The number of hydrogen-bond acceptors (Lipinski definition) is 0. The largest absolute Gasteiger partial charge is 3.00 e. The van der Waals surface area contributed by atoms with E-state index in [4.69, 9.17) is 0 Å². The van der Waals surface area contributed by atoms with Gasteiger partial charge in [0.2, 0.25) is 0 Å². The Bertz CT molecular complexity index is 6.90. The first-order valence-electron chi connectivity index (χ1n) is 0. The minimum Gasteiger partial charge on any atom is -2.00 e. The van der Waals surface area contributed by atoms with Crippen molar-refractivity contribution in [3.8, 4) is 0 Å². The van der Waals surface area contributed by atoms with E-state index in [1.807, 2.05) is 0 Å². The molecule has 0 rings (SSSR count). The second-order valence-electron chi connectivity index (χ2n) is 0. The fourth-order valence-electron chi connectivity index (χ4n) is 0. The number of hydrogen-bond donors (Lipinski definition) is 0. The van der Waals surface area contributed by atoms with E-state index in [0.717, 1.165) is 0 Å². The molecular weight excluding hydrogens is 884 g/mol. The molecule has 7 heteroatoms. The van der Waals surface area contributed by atoms with Crippen molar-refractivity contribution >= 4 is 40.5 Å². The minimum absolute atomic E-state index is 0. The normalized spacial score (nSPS) is 0. The molecule has 0 aromatic rings. The molecule has 0 aliphatic heterocycles. The van der Waals surface area contributed by atoms with Crippen LogP contribution in [0.4, 0.5) is 0 Å². The Morgan fingerprint density at radius 1 is 0.429 bits per heavy atom. The third-order valence-electron chi connectivity index (χ3n) is 0. The van der Waals surface area contributed by atoms with Crippen LogP contribution in [0.5, 0.6) is 0 Å². The van der Waals surface area contributed by atoms with Crippen LogP contribution in [0.3, 0.4) is 0 Å². The molecule has 0 saturated carbocycles. The summed E-state index contributed by atoms with van der Waals surface area (Å²) in [6.45, 7) is 0. The van der Waals surface area contributed by atoms with Crippen LogP contribution < -0.4 is 0 Å².